The number of sulfonamides is 1. The number of hydrogen-bond donors (Lipinski definition) is 1. The molecule has 0 aliphatic rings. The predicted octanol–water partition coefficient (Wildman–Crippen LogP) is 4.36. The van der Waals surface area contributed by atoms with E-state index in [2.05, 4.69) is 25.9 Å². The fourth-order valence-electron chi connectivity index (χ4n) is 2.66. The Morgan fingerprint density at radius 2 is 1.61 bits per heavy atom. The van der Waals surface area contributed by atoms with Crippen LogP contribution in [0.1, 0.15) is 11.1 Å². The van der Waals surface area contributed by atoms with E-state index in [9.17, 15) is 8.42 Å². The van der Waals surface area contributed by atoms with Crippen LogP contribution in [0.2, 0.25) is 0 Å². The quantitative estimate of drug-likeness (QED) is 0.345. The third-order valence-corrected chi connectivity index (χ3v) is 6.04. The fraction of sp³-hybridized carbons (Fsp3) is 0.136. The lowest BCUT2D eigenvalue weighted by atomic mass is 10.1. The van der Waals surface area contributed by atoms with Gasteiger partial charge in [0.05, 0.1) is 25.3 Å². The number of rotatable bonds is 9. The summed E-state index contributed by atoms with van der Waals surface area (Å²) in [6.07, 6.45) is 1.42. The minimum atomic E-state index is -3.75. The van der Waals surface area contributed by atoms with E-state index in [1.807, 2.05) is 30.3 Å². The molecule has 0 radical (unpaired) electrons. The molecule has 0 unspecified atom stereocenters. The van der Waals surface area contributed by atoms with Crippen molar-refractivity contribution in [2.45, 2.75) is 11.5 Å². The number of methoxy groups -OCH3 is 2. The summed E-state index contributed by atoms with van der Waals surface area (Å²) in [6.45, 7) is 0.266. The van der Waals surface area contributed by atoms with Crippen molar-refractivity contribution < 1.29 is 22.6 Å². The first-order chi connectivity index (χ1) is 14.9. The van der Waals surface area contributed by atoms with E-state index >= 15 is 0 Å². The van der Waals surface area contributed by atoms with Gasteiger partial charge in [0.2, 0.25) is 0 Å². The Kier molecular flexibility index (Phi) is 7.54. The SMILES string of the molecule is COc1ccc(OCc2cc(/C=N\NS(=O)(=O)c3ccc(Br)cc3)ccc2OC)cc1. The maximum absolute atomic E-state index is 12.3. The highest BCUT2D eigenvalue weighted by atomic mass is 79.9. The highest BCUT2D eigenvalue weighted by Crippen LogP contribution is 2.23. The summed E-state index contributed by atoms with van der Waals surface area (Å²) in [5.41, 5.74) is 1.48. The first-order valence-corrected chi connectivity index (χ1v) is 11.4. The minimum Gasteiger partial charge on any atom is -0.497 e. The Labute approximate surface area is 189 Å². The molecule has 162 valence electrons. The molecule has 0 aromatic heterocycles. The van der Waals surface area contributed by atoms with Gasteiger partial charge in [-0.2, -0.15) is 13.5 Å². The number of nitrogens with zero attached hydrogens (tertiary/aromatic N) is 1. The molecule has 0 saturated carbocycles. The molecule has 0 heterocycles. The van der Waals surface area contributed by atoms with Gasteiger partial charge in [0.25, 0.3) is 10.0 Å². The zero-order valence-electron chi connectivity index (χ0n) is 16.9. The van der Waals surface area contributed by atoms with Gasteiger partial charge in [-0.15, -0.1) is 0 Å². The number of nitrogens with one attached hydrogen (secondary N) is 1. The molecule has 0 aliphatic heterocycles. The second kappa shape index (κ2) is 10.3. The van der Waals surface area contributed by atoms with Crippen molar-refractivity contribution in [2.24, 2.45) is 5.10 Å². The normalized spacial score (nSPS) is 11.3. The van der Waals surface area contributed by atoms with Gasteiger partial charge >= 0.3 is 0 Å². The molecule has 3 aromatic rings. The average Bonchev–Trinajstić information content (AvgIpc) is 2.78. The molecule has 0 bridgehead atoms. The van der Waals surface area contributed by atoms with Crippen LogP contribution in [0, 0.1) is 0 Å². The average molecular weight is 505 g/mol. The topological polar surface area (TPSA) is 86.2 Å². The van der Waals surface area contributed by atoms with Gasteiger partial charge in [0.15, 0.2) is 0 Å². The van der Waals surface area contributed by atoms with Gasteiger partial charge in [0, 0.05) is 10.0 Å². The molecule has 3 aromatic carbocycles. The van der Waals surface area contributed by atoms with Crippen LogP contribution >= 0.6 is 15.9 Å². The molecule has 1 N–H and O–H groups in total. The zero-order chi connectivity index (χ0) is 22.3. The molecule has 7 nitrogen and oxygen atoms in total. The van der Waals surface area contributed by atoms with Crippen LogP contribution in [0.15, 0.2) is 81.2 Å². The van der Waals surface area contributed by atoms with Gasteiger partial charge in [-0.25, -0.2) is 4.83 Å². The van der Waals surface area contributed by atoms with Crippen LogP contribution in [0.5, 0.6) is 17.2 Å². The van der Waals surface area contributed by atoms with Crippen molar-refractivity contribution in [3.8, 4) is 17.2 Å². The van der Waals surface area contributed by atoms with Gasteiger partial charge in [-0.05, 0) is 72.3 Å². The molecular weight excluding hydrogens is 484 g/mol. The first kappa shape index (κ1) is 22.6. The zero-order valence-corrected chi connectivity index (χ0v) is 19.3. The Balaban J connectivity index is 1.69. The second-order valence-electron chi connectivity index (χ2n) is 6.34. The van der Waals surface area contributed by atoms with E-state index in [1.54, 1.807) is 38.5 Å². The lowest BCUT2D eigenvalue weighted by Gasteiger charge is -2.11. The number of halogens is 1. The summed E-state index contributed by atoms with van der Waals surface area (Å²) in [7, 11) is -0.571. The molecule has 0 spiro atoms. The number of hydrazone groups is 1. The summed E-state index contributed by atoms with van der Waals surface area (Å²) in [5, 5.41) is 3.88. The number of hydrogen-bond acceptors (Lipinski definition) is 6. The summed E-state index contributed by atoms with van der Waals surface area (Å²) >= 11 is 3.28. The van der Waals surface area contributed by atoms with E-state index in [-0.39, 0.29) is 11.5 Å². The van der Waals surface area contributed by atoms with Crippen LogP contribution in [0.3, 0.4) is 0 Å². The van der Waals surface area contributed by atoms with Gasteiger partial charge < -0.3 is 14.2 Å². The van der Waals surface area contributed by atoms with Crippen LogP contribution < -0.4 is 19.0 Å². The van der Waals surface area contributed by atoms with Gasteiger partial charge in [0.1, 0.15) is 23.9 Å². The van der Waals surface area contributed by atoms with Crippen molar-refractivity contribution in [3.63, 3.8) is 0 Å². The largest absolute Gasteiger partial charge is 0.497 e. The Bertz CT molecular complexity index is 1150. The highest BCUT2D eigenvalue weighted by Gasteiger charge is 2.12. The van der Waals surface area contributed by atoms with E-state index in [1.165, 1.54) is 18.3 Å². The van der Waals surface area contributed by atoms with Crippen LogP contribution in [0.25, 0.3) is 0 Å². The molecule has 0 amide bonds. The molecule has 3 rings (SSSR count). The van der Waals surface area contributed by atoms with E-state index < -0.39 is 10.0 Å². The predicted molar refractivity (Wildman–Crippen MR) is 122 cm³/mol. The maximum atomic E-state index is 12.3. The van der Waals surface area contributed by atoms with Crippen molar-refractivity contribution in [3.05, 3.63) is 82.3 Å². The van der Waals surface area contributed by atoms with Crippen molar-refractivity contribution in [1.29, 1.82) is 0 Å². The third kappa shape index (κ3) is 6.22. The molecule has 0 aliphatic carbocycles. The fourth-order valence-corrected chi connectivity index (χ4v) is 3.72. The van der Waals surface area contributed by atoms with Crippen molar-refractivity contribution in [1.82, 2.24) is 4.83 Å². The van der Waals surface area contributed by atoms with Crippen LogP contribution in [-0.2, 0) is 16.6 Å². The Morgan fingerprint density at radius 3 is 2.26 bits per heavy atom. The van der Waals surface area contributed by atoms with E-state index in [4.69, 9.17) is 14.2 Å². The van der Waals surface area contributed by atoms with Crippen molar-refractivity contribution in [2.75, 3.05) is 14.2 Å². The number of benzene rings is 3. The van der Waals surface area contributed by atoms with Crippen LogP contribution in [-0.4, -0.2) is 28.9 Å². The lowest BCUT2D eigenvalue weighted by molar-refractivity contribution is 0.296. The Morgan fingerprint density at radius 1 is 0.935 bits per heavy atom. The van der Waals surface area contributed by atoms with Crippen LogP contribution in [0.4, 0.5) is 0 Å². The van der Waals surface area contributed by atoms with Gasteiger partial charge in [-0.3, -0.25) is 0 Å². The second-order valence-corrected chi connectivity index (χ2v) is 8.92. The minimum absolute atomic E-state index is 0.121. The maximum Gasteiger partial charge on any atom is 0.276 e. The molecule has 0 saturated heterocycles. The summed E-state index contributed by atoms with van der Waals surface area (Å²) in [4.78, 5) is 2.33. The molecule has 9 heteroatoms. The molecule has 0 fully saturated rings. The third-order valence-electron chi connectivity index (χ3n) is 4.27. The standard InChI is InChI=1S/C22H21BrN2O5S/c1-28-19-6-8-20(9-7-19)30-15-17-13-16(3-12-22(17)29-2)14-24-25-31(26,27)21-10-4-18(23)5-11-21/h3-14,25H,15H2,1-2H3/b24-14-. The number of ether oxygens (including phenoxy) is 3. The monoisotopic (exact) mass is 504 g/mol. The summed E-state index contributed by atoms with van der Waals surface area (Å²) < 4.78 is 41.8. The highest BCUT2D eigenvalue weighted by molar-refractivity contribution is 9.10. The summed E-state index contributed by atoms with van der Waals surface area (Å²) in [6, 6.07) is 18.9. The van der Waals surface area contributed by atoms with E-state index in [0.717, 1.165) is 15.8 Å². The molecule has 0 atom stereocenters. The molecule has 31 heavy (non-hydrogen) atoms. The smallest absolute Gasteiger partial charge is 0.276 e. The van der Waals surface area contributed by atoms with E-state index in [0.29, 0.717) is 17.1 Å². The lowest BCUT2D eigenvalue weighted by Crippen LogP contribution is -2.18. The Hall–Kier alpha value is -3.04. The van der Waals surface area contributed by atoms with Crippen molar-refractivity contribution >= 4 is 32.2 Å². The summed E-state index contributed by atoms with van der Waals surface area (Å²) in [5.74, 6) is 2.08. The molecular formula is C22H21BrN2O5S. The first-order valence-electron chi connectivity index (χ1n) is 9.15. The van der Waals surface area contributed by atoms with Gasteiger partial charge in [-0.1, -0.05) is 15.9 Å².